The molecule has 1 fully saturated rings. The molecule has 1 saturated heterocycles. The van der Waals surface area contributed by atoms with Gasteiger partial charge in [0.1, 0.15) is 42.7 Å². The molecular weight excluding hydrogens is 308 g/mol. The fraction of sp³-hybridized carbons (Fsp3) is 1.00. The van der Waals surface area contributed by atoms with Crippen LogP contribution in [0.1, 0.15) is 0 Å². The Bertz CT molecular complexity index is 325. The zero-order valence-electron chi connectivity index (χ0n) is 11.5. The molecule has 0 spiro atoms. The number of rotatable bonds is 7. The van der Waals surface area contributed by atoms with Gasteiger partial charge in [-0.1, -0.05) is 0 Å². The Morgan fingerprint density at radius 2 is 1.45 bits per heavy atom. The highest BCUT2D eigenvalue weighted by molar-refractivity contribution is 4.89. The van der Waals surface area contributed by atoms with E-state index in [9.17, 15) is 25.5 Å². The Labute approximate surface area is 125 Å². The van der Waals surface area contributed by atoms with Crippen LogP contribution in [0.3, 0.4) is 0 Å². The summed E-state index contributed by atoms with van der Waals surface area (Å²) in [6.07, 6.45) is -15.7. The van der Waals surface area contributed by atoms with Crippen molar-refractivity contribution in [2.24, 2.45) is 0 Å². The van der Waals surface area contributed by atoms with Crippen molar-refractivity contribution < 1.29 is 55.4 Å². The molecule has 132 valence electrons. The molecule has 0 saturated carbocycles. The van der Waals surface area contributed by atoms with Crippen LogP contribution in [0.2, 0.25) is 0 Å². The molecule has 22 heavy (non-hydrogen) atoms. The molecule has 11 nitrogen and oxygen atoms in total. The molecule has 0 aromatic heterocycles. The molecule has 0 radical (unpaired) electrons. The molecule has 0 aromatic rings. The minimum absolute atomic E-state index is 0.661. The van der Waals surface area contributed by atoms with Gasteiger partial charge in [0.2, 0.25) is 0 Å². The highest BCUT2D eigenvalue weighted by Gasteiger charge is 2.44. The van der Waals surface area contributed by atoms with E-state index in [4.69, 9.17) is 29.9 Å². The van der Waals surface area contributed by atoms with Gasteiger partial charge in [0.05, 0.1) is 13.2 Å². The molecule has 1 rings (SSSR count). The lowest BCUT2D eigenvalue weighted by Crippen LogP contribution is -2.59. The molecule has 0 bridgehead atoms. The van der Waals surface area contributed by atoms with Gasteiger partial charge in [-0.25, -0.2) is 0 Å². The van der Waals surface area contributed by atoms with E-state index in [1.807, 2.05) is 0 Å². The first-order valence-electron chi connectivity index (χ1n) is 6.53. The van der Waals surface area contributed by atoms with Crippen molar-refractivity contribution in [3.63, 3.8) is 0 Å². The third-order valence-electron chi connectivity index (χ3n) is 3.33. The van der Waals surface area contributed by atoms with Crippen LogP contribution in [0.5, 0.6) is 0 Å². The summed E-state index contributed by atoms with van der Waals surface area (Å²) in [4.78, 5) is 0. The molecule has 0 amide bonds. The van der Waals surface area contributed by atoms with E-state index in [0.29, 0.717) is 0 Å². The van der Waals surface area contributed by atoms with Crippen molar-refractivity contribution in [1.82, 2.24) is 0 Å². The van der Waals surface area contributed by atoms with Gasteiger partial charge in [-0.3, -0.25) is 0 Å². The van der Waals surface area contributed by atoms with Crippen LogP contribution in [0.4, 0.5) is 0 Å². The molecule has 0 aliphatic carbocycles. The largest absolute Gasteiger partial charge is 0.394 e. The van der Waals surface area contributed by atoms with Crippen molar-refractivity contribution in [1.29, 1.82) is 0 Å². The van der Waals surface area contributed by atoms with Crippen LogP contribution in [-0.2, 0) is 9.47 Å². The van der Waals surface area contributed by atoms with Crippen LogP contribution in [0.25, 0.3) is 0 Å². The first-order chi connectivity index (χ1) is 10.2. The summed E-state index contributed by atoms with van der Waals surface area (Å²) in [6.45, 7) is -1.36. The molecule has 11 heteroatoms. The summed E-state index contributed by atoms with van der Waals surface area (Å²) in [5, 5.41) is 83.1. The van der Waals surface area contributed by atoms with Crippen molar-refractivity contribution >= 4 is 0 Å². The van der Waals surface area contributed by atoms with E-state index in [-0.39, 0.29) is 0 Å². The second-order valence-corrected chi connectivity index (χ2v) is 4.99. The van der Waals surface area contributed by atoms with Gasteiger partial charge in [-0.05, 0) is 0 Å². The van der Waals surface area contributed by atoms with Crippen molar-refractivity contribution in [2.45, 2.75) is 55.3 Å². The van der Waals surface area contributed by atoms with Gasteiger partial charge in [0, 0.05) is 0 Å². The maximum Gasteiger partial charge on any atom is 0.186 e. The lowest BCUT2D eigenvalue weighted by molar-refractivity contribution is -0.307. The van der Waals surface area contributed by atoms with Gasteiger partial charge in [0.15, 0.2) is 12.6 Å². The summed E-state index contributed by atoms with van der Waals surface area (Å²) in [7, 11) is 0. The fourth-order valence-corrected chi connectivity index (χ4v) is 1.90. The van der Waals surface area contributed by atoms with Crippen LogP contribution in [0.15, 0.2) is 0 Å². The average Bonchev–Trinajstić information content (AvgIpc) is 2.50. The van der Waals surface area contributed by atoms with E-state index in [1.54, 1.807) is 0 Å². The predicted molar refractivity (Wildman–Crippen MR) is 66.0 cm³/mol. The summed E-state index contributed by atoms with van der Waals surface area (Å²) < 4.78 is 9.90. The summed E-state index contributed by atoms with van der Waals surface area (Å²) in [5.74, 6) is 0. The van der Waals surface area contributed by atoms with E-state index in [2.05, 4.69) is 0 Å². The van der Waals surface area contributed by atoms with Crippen molar-refractivity contribution in [3.8, 4) is 0 Å². The molecular formula is C11H22O11. The summed E-state index contributed by atoms with van der Waals surface area (Å²) in [6, 6.07) is 0. The van der Waals surface area contributed by atoms with Gasteiger partial charge in [-0.15, -0.1) is 0 Å². The normalized spacial score (nSPS) is 37.1. The lowest BCUT2D eigenvalue weighted by Gasteiger charge is -2.40. The van der Waals surface area contributed by atoms with Gasteiger partial charge in [0.25, 0.3) is 0 Å². The summed E-state index contributed by atoms with van der Waals surface area (Å²) >= 11 is 0. The molecule has 1 aliphatic heterocycles. The third kappa shape index (κ3) is 4.53. The fourth-order valence-electron chi connectivity index (χ4n) is 1.90. The number of ether oxygens (including phenoxy) is 2. The Morgan fingerprint density at radius 3 is 1.95 bits per heavy atom. The zero-order chi connectivity index (χ0) is 17.0. The van der Waals surface area contributed by atoms with E-state index in [0.717, 1.165) is 0 Å². The standard InChI is InChI=1S/C11H22O11/c12-1-4-6(15)7(16)9(18)11(22-4)21-2-3(13)5(14)8(17)10(19)20/h3-20H,1-2H2. The second kappa shape index (κ2) is 8.42. The van der Waals surface area contributed by atoms with Gasteiger partial charge >= 0.3 is 0 Å². The molecule has 1 heterocycles. The minimum atomic E-state index is -2.28. The Balaban J connectivity index is 2.55. The topological polar surface area (TPSA) is 201 Å². The van der Waals surface area contributed by atoms with Crippen LogP contribution < -0.4 is 0 Å². The highest BCUT2D eigenvalue weighted by atomic mass is 16.7. The highest BCUT2D eigenvalue weighted by Crippen LogP contribution is 2.22. The molecule has 8 atom stereocenters. The Hall–Kier alpha value is -0.440. The first-order valence-corrected chi connectivity index (χ1v) is 6.53. The molecule has 8 unspecified atom stereocenters. The SMILES string of the molecule is OCC1OC(OCC(O)C(O)C(O)C(O)O)C(O)C(O)C1O. The van der Waals surface area contributed by atoms with E-state index >= 15 is 0 Å². The second-order valence-electron chi connectivity index (χ2n) is 4.99. The maximum absolute atomic E-state index is 9.65. The monoisotopic (exact) mass is 330 g/mol. The first kappa shape index (κ1) is 19.6. The molecule has 0 aromatic carbocycles. The third-order valence-corrected chi connectivity index (χ3v) is 3.33. The Kier molecular flexibility index (Phi) is 7.51. The Morgan fingerprint density at radius 1 is 0.864 bits per heavy atom. The summed E-state index contributed by atoms with van der Waals surface area (Å²) in [5.41, 5.74) is 0. The smallest absolute Gasteiger partial charge is 0.186 e. The molecule has 9 N–H and O–H groups in total. The van der Waals surface area contributed by atoms with Crippen molar-refractivity contribution in [3.05, 3.63) is 0 Å². The average molecular weight is 330 g/mol. The molecule has 1 aliphatic rings. The van der Waals surface area contributed by atoms with Crippen molar-refractivity contribution in [2.75, 3.05) is 13.2 Å². The van der Waals surface area contributed by atoms with Gasteiger partial charge in [-0.2, -0.15) is 0 Å². The minimum Gasteiger partial charge on any atom is -0.394 e. The quantitative estimate of drug-likeness (QED) is 0.201. The van der Waals surface area contributed by atoms with Crippen LogP contribution in [0, 0.1) is 0 Å². The lowest BCUT2D eigenvalue weighted by atomic mass is 9.99. The van der Waals surface area contributed by atoms with Crippen LogP contribution >= 0.6 is 0 Å². The van der Waals surface area contributed by atoms with Crippen LogP contribution in [-0.4, -0.2) is 114 Å². The number of hydrogen-bond acceptors (Lipinski definition) is 11. The van der Waals surface area contributed by atoms with E-state index < -0.39 is 68.5 Å². The maximum atomic E-state index is 9.65. The number of hydrogen-bond donors (Lipinski definition) is 9. The predicted octanol–water partition coefficient (Wildman–Crippen LogP) is -5.80. The number of aliphatic hydroxyl groups is 9. The van der Waals surface area contributed by atoms with Gasteiger partial charge < -0.3 is 55.4 Å². The van der Waals surface area contributed by atoms with E-state index in [1.165, 1.54) is 0 Å². The zero-order valence-corrected chi connectivity index (χ0v) is 11.5. The number of aliphatic hydroxyl groups excluding tert-OH is 8.